The smallest absolute Gasteiger partial charge is 0.247 e. The number of hydrogen-bond donors (Lipinski definition) is 1. The van der Waals surface area contributed by atoms with Crippen molar-refractivity contribution in [1.82, 2.24) is 0 Å². The van der Waals surface area contributed by atoms with Gasteiger partial charge in [-0.2, -0.15) is 0 Å². The van der Waals surface area contributed by atoms with Gasteiger partial charge >= 0.3 is 0 Å². The third-order valence-corrected chi connectivity index (χ3v) is 5.57. The fourth-order valence-corrected chi connectivity index (χ4v) is 4.11. The quantitative estimate of drug-likeness (QED) is 0.867. The van der Waals surface area contributed by atoms with Crippen LogP contribution in [0.3, 0.4) is 0 Å². The number of anilines is 2. The van der Waals surface area contributed by atoms with Gasteiger partial charge in [0, 0.05) is 5.69 Å². The Morgan fingerprint density at radius 1 is 0.962 bits per heavy atom. The standard InChI is InChI=1S/C20H26N2O3S/c1-13-9-14(2)11-19(10-13)22(26(6,24)25)17(5)20(23)21-18-8-7-15(3)16(4)12-18/h7-12,17H,1-6H3,(H,21,23)/t17-/m0/s1. The average molecular weight is 375 g/mol. The molecule has 140 valence electrons. The van der Waals surface area contributed by atoms with Crippen LogP contribution in [0, 0.1) is 27.7 Å². The first-order chi connectivity index (χ1) is 12.0. The first-order valence-electron chi connectivity index (χ1n) is 8.45. The van der Waals surface area contributed by atoms with Crippen molar-refractivity contribution in [2.75, 3.05) is 15.9 Å². The first-order valence-corrected chi connectivity index (χ1v) is 10.3. The summed E-state index contributed by atoms with van der Waals surface area (Å²) in [5.74, 6) is -0.377. The molecule has 2 rings (SSSR count). The summed E-state index contributed by atoms with van der Waals surface area (Å²) in [6.45, 7) is 9.35. The van der Waals surface area contributed by atoms with Crippen molar-refractivity contribution in [3.8, 4) is 0 Å². The predicted octanol–water partition coefficient (Wildman–Crippen LogP) is 3.71. The molecule has 1 atom stereocenters. The van der Waals surface area contributed by atoms with Gasteiger partial charge in [-0.1, -0.05) is 12.1 Å². The van der Waals surface area contributed by atoms with Gasteiger partial charge in [-0.25, -0.2) is 8.42 Å². The van der Waals surface area contributed by atoms with Gasteiger partial charge < -0.3 is 5.32 Å². The van der Waals surface area contributed by atoms with Gasteiger partial charge in [0.1, 0.15) is 6.04 Å². The van der Waals surface area contributed by atoms with Crippen molar-refractivity contribution >= 4 is 27.3 Å². The number of rotatable bonds is 5. The van der Waals surface area contributed by atoms with E-state index in [-0.39, 0.29) is 5.91 Å². The Morgan fingerprint density at radius 2 is 1.54 bits per heavy atom. The maximum Gasteiger partial charge on any atom is 0.247 e. The molecule has 6 heteroatoms. The zero-order valence-electron chi connectivity index (χ0n) is 16.1. The zero-order valence-corrected chi connectivity index (χ0v) is 16.9. The van der Waals surface area contributed by atoms with Crippen molar-refractivity contribution in [3.63, 3.8) is 0 Å². The Balaban J connectivity index is 2.35. The molecule has 0 spiro atoms. The Morgan fingerprint density at radius 3 is 2.04 bits per heavy atom. The van der Waals surface area contributed by atoms with E-state index in [9.17, 15) is 13.2 Å². The molecule has 0 bridgehead atoms. The second-order valence-electron chi connectivity index (χ2n) is 6.87. The molecule has 0 aliphatic carbocycles. The van der Waals surface area contributed by atoms with E-state index >= 15 is 0 Å². The Bertz CT molecular complexity index is 916. The minimum Gasteiger partial charge on any atom is -0.324 e. The van der Waals surface area contributed by atoms with Crippen molar-refractivity contribution in [2.24, 2.45) is 0 Å². The molecule has 0 unspecified atom stereocenters. The van der Waals surface area contributed by atoms with Crippen LogP contribution in [0.2, 0.25) is 0 Å². The summed E-state index contributed by atoms with van der Waals surface area (Å²) in [6.07, 6.45) is 1.12. The minimum atomic E-state index is -3.63. The van der Waals surface area contributed by atoms with Crippen LogP contribution in [-0.4, -0.2) is 26.6 Å². The highest BCUT2D eigenvalue weighted by molar-refractivity contribution is 7.92. The van der Waals surface area contributed by atoms with E-state index in [0.29, 0.717) is 11.4 Å². The van der Waals surface area contributed by atoms with E-state index in [1.807, 2.05) is 52.0 Å². The van der Waals surface area contributed by atoms with Gasteiger partial charge in [0.25, 0.3) is 0 Å². The number of aryl methyl sites for hydroxylation is 4. The summed E-state index contributed by atoms with van der Waals surface area (Å²) in [5.41, 5.74) is 5.21. The second-order valence-corrected chi connectivity index (χ2v) is 8.73. The van der Waals surface area contributed by atoms with Crippen molar-refractivity contribution < 1.29 is 13.2 Å². The molecule has 0 radical (unpaired) electrons. The van der Waals surface area contributed by atoms with Crippen molar-refractivity contribution in [1.29, 1.82) is 0 Å². The highest BCUT2D eigenvalue weighted by Crippen LogP contribution is 2.24. The average Bonchev–Trinajstić information content (AvgIpc) is 2.48. The van der Waals surface area contributed by atoms with E-state index in [1.54, 1.807) is 19.1 Å². The van der Waals surface area contributed by atoms with Crippen LogP contribution in [0.4, 0.5) is 11.4 Å². The zero-order chi connectivity index (χ0) is 19.6. The number of benzene rings is 2. The van der Waals surface area contributed by atoms with Crippen LogP contribution in [0.25, 0.3) is 0 Å². The topological polar surface area (TPSA) is 66.5 Å². The molecule has 0 aliphatic rings. The molecule has 0 heterocycles. The third-order valence-electron chi connectivity index (χ3n) is 4.32. The number of nitrogens with zero attached hydrogens (tertiary/aromatic N) is 1. The highest BCUT2D eigenvalue weighted by atomic mass is 32.2. The molecule has 26 heavy (non-hydrogen) atoms. The van der Waals surface area contributed by atoms with E-state index in [4.69, 9.17) is 0 Å². The molecule has 0 fully saturated rings. The maximum absolute atomic E-state index is 12.7. The number of carbonyl (C=O) groups is 1. The van der Waals surface area contributed by atoms with Gasteiger partial charge in [-0.15, -0.1) is 0 Å². The molecule has 2 aromatic rings. The molecule has 1 amide bonds. The fraction of sp³-hybridized carbons (Fsp3) is 0.350. The normalized spacial score (nSPS) is 12.5. The molecule has 0 aromatic heterocycles. The summed E-state index contributed by atoms with van der Waals surface area (Å²) < 4.78 is 26.0. The van der Waals surface area contributed by atoms with Gasteiger partial charge in [0.05, 0.1) is 11.9 Å². The summed E-state index contributed by atoms with van der Waals surface area (Å²) in [7, 11) is -3.63. The minimum absolute atomic E-state index is 0.377. The Labute approximate surface area is 156 Å². The maximum atomic E-state index is 12.7. The molecule has 2 aromatic carbocycles. The largest absolute Gasteiger partial charge is 0.324 e. The number of amides is 1. The number of carbonyl (C=O) groups excluding carboxylic acids is 1. The van der Waals surface area contributed by atoms with E-state index < -0.39 is 16.1 Å². The fourth-order valence-electron chi connectivity index (χ4n) is 2.95. The lowest BCUT2D eigenvalue weighted by Gasteiger charge is -2.29. The first kappa shape index (κ1) is 20.0. The predicted molar refractivity (Wildman–Crippen MR) is 107 cm³/mol. The lowest BCUT2D eigenvalue weighted by Crippen LogP contribution is -2.45. The SMILES string of the molecule is Cc1cc(C)cc(N([C@@H](C)C(=O)Nc2ccc(C)c(C)c2)S(C)(=O)=O)c1. The molecule has 5 nitrogen and oxygen atoms in total. The van der Waals surface area contributed by atoms with Crippen molar-refractivity contribution in [2.45, 2.75) is 40.7 Å². The Kier molecular flexibility index (Phi) is 5.76. The van der Waals surface area contributed by atoms with Crippen LogP contribution >= 0.6 is 0 Å². The van der Waals surface area contributed by atoms with Gasteiger partial charge in [-0.05, 0) is 81.1 Å². The van der Waals surface area contributed by atoms with Crippen LogP contribution < -0.4 is 9.62 Å². The van der Waals surface area contributed by atoms with Crippen LogP contribution in [0.5, 0.6) is 0 Å². The molecule has 0 saturated heterocycles. The van der Waals surface area contributed by atoms with Gasteiger partial charge in [0.15, 0.2) is 0 Å². The summed E-state index contributed by atoms with van der Waals surface area (Å²) in [4.78, 5) is 12.7. The molecular weight excluding hydrogens is 348 g/mol. The lowest BCUT2D eigenvalue weighted by atomic mass is 10.1. The highest BCUT2D eigenvalue weighted by Gasteiger charge is 2.29. The Hall–Kier alpha value is -2.34. The number of hydrogen-bond acceptors (Lipinski definition) is 3. The molecular formula is C20H26N2O3S. The molecule has 0 saturated carbocycles. The summed E-state index contributed by atoms with van der Waals surface area (Å²) in [6, 6.07) is 10.2. The van der Waals surface area contributed by atoms with E-state index in [1.165, 1.54) is 4.31 Å². The second kappa shape index (κ2) is 7.50. The van der Waals surface area contributed by atoms with Gasteiger partial charge in [0.2, 0.25) is 15.9 Å². The van der Waals surface area contributed by atoms with Crippen LogP contribution in [0.15, 0.2) is 36.4 Å². The third kappa shape index (κ3) is 4.64. The monoisotopic (exact) mass is 374 g/mol. The van der Waals surface area contributed by atoms with Crippen LogP contribution in [-0.2, 0) is 14.8 Å². The summed E-state index contributed by atoms with van der Waals surface area (Å²) >= 11 is 0. The summed E-state index contributed by atoms with van der Waals surface area (Å²) in [5, 5.41) is 2.82. The van der Waals surface area contributed by atoms with Crippen LogP contribution in [0.1, 0.15) is 29.2 Å². The molecule has 1 N–H and O–H groups in total. The number of sulfonamides is 1. The molecule has 0 aliphatic heterocycles. The number of nitrogens with one attached hydrogen (secondary N) is 1. The van der Waals surface area contributed by atoms with E-state index in [2.05, 4.69) is 5.32 Å². The van der Waals surface area contributed by atoms with E-state index in [0.717, 1.165) is 28.5 Å². The lowest BCUT2D eigenvalue weighted by molar-refractivity contribution is -0.116. The van der Waals surface area contributed by atoms with Crippen molar-refractivity contribution in [3.05, 3.63) is 58.7 Å². The van der Waals surface area contributed by atoms with Gasteiger partial charge in [-0.3, -0.25) is 9.10 Å².